The van der Waals surface area contributed by atoms with Crippen molar-refractivity contribution in [1.82, 2.24) is 0 Å². The van der Waals surface area contributed by atoms with Crippen LogP contribution >= 0.6 is 11.8 Å². The molecule has 2 rings (SSSR count). The number of benzene rings is 1. The average molecular weight is 265 g/mol. The summed E-state index contributed by atoms with van der Waals surface area (Å²) < 4.78 is 0. The molecule has 1 atom stereocenters. The van der Waals surface area contributed by atoms with Gasteiger partial charge in [0, 0.05) is 12.2 Å². The molecule has 1 aliphatic rings. The second-order valence-electron chi connectivity index (χ2n) is 4.22. The van der Waals surface area contributed by atoms with Crippen molar-refractivity contribution in [1.29, 1.82) is 0 Å². The smallest absolute Gasteiger partial charge is 0.311 e. The van der Waals surface area contributed by atoms with Gasteiger partial charge in [-0.2, -0.15) is 11.8 Å². The van der Waals surface area contributed by atoms with Gasteiger partial charge in [0.15, 0.2) is 0 Å². The number of carbonyl (C=O) groups excluding carboxylic acids is 1. The van der Waals surface area contributed by atoms with E-state index in [2.05, 4.69) is 0 Å². The second kappa shape index (κ2) is 5.44. The highest BCUT2D eigenvalue weighted by atomic mass is 32.2. The lowest BCUT2D eigenvalue weighted by atomic mass is 9.90. The van der Waals surface area contributed by atoms with Gasteiger partial charge in [0.2, 0.25) is 5.91 Å². The highest BCUT2D eigenvalue weighted by Gasteiger charge is 2.31. The maximum atomic E-state index is 12.0. The molecular weight excluding hydrogens is 250 g/mol. The van der Waals surface area contributed by atoms with Gasteiger partial charge in [0.1, 0.15) is 0 Å². The second-order valence-corrected chi connectivity index (χ2v) is 5.08. The van der Waals surface area contributed by atoms with E-state index in [1.807, 2.05) is 24.5 Å². The number of fused-ring (bicyclic) bond motifs is 1. The van der Waals surface area contributed by atoms with Gasteiger partial charge in [0.05, 0.1) is 11.7 Å². The summed E-state index contributed by atoms with van der Waals surface area (Å²) in [5, 5.41) is 9.21. The molecule has 1 aliphatic heterocycles. The maximum absolute atomic E-state index is 12.0. The Hall–Kier alpha value is -1.49. The van der Waals surface area contributed by atoms with Crippen molar-refractivity contribution in [2.45, 2.75) is 12.3 Å². The zero-order chi connectivity index (χ0) is 13.1. The highest BCUT2D eigenvalue weighted by molar-refractivity contribution is 7.99. The summed E-state index contributed by atoms with van der Waals surface area (Å²) in [6, 6.07) is 7.27. The van der Waals surface area contributed by atoms with E-state index in [4.69, 9.17) is 0 Å². The van der Waals surface area contributed by atoms with Crippen LogP contribution in [0.15, 0.2) is 24.3 Å². The van der Waals surface area contributed by atoms with Crippen LogP contribution in [0.25, 0.3) is 0 Å². The molecule has 1 amide bonds. The summed E-state index contributed by atoms with van der Waals surface area (Å²) in [5.74, 6) is -0.857. The van der Waals surface area contributed by atoms with E-state index in [9.17, 15) is 14.7 Å². The summed E-state index contributed by atoms with van der Waals surface area (Å²) in [5.41, 5.74) is 1.49. The van der Waals surface area contributed by atoms with Crippen molar-refractivity contribution in [2.75, 3.05) is 23.5 Å². The van der Waals surface area contributed by atoms with Gasteiger partial charge in [-0.15, -0.1) is 0 Å². The molecule has 4 nitrogen and oxygen atoms in total. The van der Waals surface area contributed by atoms with Gasteiger partial charge >= 0.3 is 5.97 Å². The molecule has 1 N–H and O–H groups in total. The molecule has 0 aliphatic carbocycles. The van der Waals surface area contributed by atoms with Crippen molar-refractivity contribution in [2.24, 2.45) is 0 Å². The predicted molar refractivity (Wildman–Crippen MR) is 72.2 cm³/mol. The molecule has 1 unspecified atom stereocenters. The van der Waals surface area contributed by atoms with Crippen LogP contribution in [-0.4, -0.2) is 35.5 Å². The number of hydrogen-bond donors (Lipinski definition) is 1. The standard InChI is InChI=1S/C13H15NO3S/c1-18-8-12(15)14-7-6-10(13(16)17)9-4-2-3-5-11(9)14/h2-5,10H,6-8H2,1H3,(H,16,17). The number of carbonyl (C=O) groups is 2. The fourth-order valence-corrected chi connectivity index (χ4v) is 2.68. The molecule has 0 saturated carbocycles. The third-order valence-corrected chi connectivity index (χ3v) is 3.65. The molecule has 1 heterocycles. The van der Waals surface area contributed by atoms with Crippen LogP contribution in [0.1, 0.15) is 17.9 Å². The van der Waals surface area contributed by atoms with E-state index in [1.165, 1.54) is 11.8 Å². The molecular formula is C13H15NO3S. The van der Waals surface area contributed by atoms with Crippen LogP contribution in [0.4, 0.5) is 5.69 Å². The molecule has 96 valence electrons. The fourth-order valence-electron chi connectivity index (χ4n) is 2.28. The molecule has 5 heteroatoms. The van der Waals surface area contributed by atoms with Gasteiger partial charge < -0.3 is 10.0 Å². The lowest BCUT2D eigenvalue weighted by Crippen LogP contribution is -2.39. The van der Waals surface area contributed by atoms with Gasteiger partial charge in [-0.25, -0.2) is 0 Å². The zero-order valence-corrected chi connectivity index (χ0v) is 10.9. The first kappa shape index (κ1) is 13.0. The number of carboxylic acids is 1. The minimum Gasteiger partial charge on any atom is -0.481 e. The van der Waals surface area contributed by atoms with Crippen LogP contribution in [-0.2, 0) is 9.59 Å². The minimum atomic E-state index is -0.820. The number of aliphatic carboxylic acids is 1. The topological polar surface area (TPSA) is 57.6 Å². The van der Waals surface area contributed by atoms with E-state index in [0.29, 0.717) is 18.7 Å². The number of amides is 1. The molecule has 18 heavy (non-hydrogen) atoms. The average Bonchev–Trinajstić information content (AvgIpc) is 2.37. The molecule has 1 aromatic carbocycles. The van der Waals surface area contributed by atoms with E-state index in [0.717, 1.165) is 11.3 Å². The number of thioether (sulfide) groups is 1. The van der Waals surface area contributed by atoms with Crippen molar-refractivity contribution in [3.63, 3.8) is 0 Å². The third kappa shape index (κ3) is 2.36. The van der Waals surface area contributed by atoms with Crippen LogP contribution in [0.3, 0.4) is 0 Å². The summed E-state index contributed by atoms with van der Waals surface area (Å²) in [4.78, 5) is 24.9. The van der Waals surface area contributed by atoms with Gasteiger partial charge in [-0.3, -0.25) is 9.59 Å². The SMILES string of the molecule is CSCC(=O)N1CCC(C(=O)O)c2ccccc21. The minimum absolute atomic E-state index is 0.0405. The Balaban J connectivity index is 2.36. The predicted octanol–water partition coefficient (Wildman–Crippen LogP) is 1.95. The van der Waals surface area contributed by atoms with Crippen LogP contribution < -0.4 is 4.90 Å². The van der Waals surface area contributed by atoms with Crippen LogP contribution in [0.5, 0.6) is 0 Å². The number of anilines is 1. The van der Waals surface area contributed by atoms with E-state index in [-0.39, 0.29) is 5.91 Å². The van der Waals surface area contributed by atoms with Gasteiger partial charge in [-0.05, 0) is 24.3 Å². The fraction of sp³-hybridized carbons (Fsp3) is 0.385. The van der Waals surface area contributed by atoms with Gasteiger partial charge in [0.25, 0.3) is 0 Å². The molecule has 1 aromatic rings. The normalized spacial score (nSPS) is 18.3. The third-order valence-electron chi connectivity index (χ3n) is 3.11. The Morgan fingerprint density at radius 1 is 1.44 bits per heavy atom. The number of carboxylic acid groups (broad SMARTS) is 1. The summed E-state index contributed by atoms with van der Waals surface area (Å²) in [7, 11) is 0. The molecule has 0 saturated heterocycles. The van der Waals surface area contributed by atoms with E-state index < -0.39 is 11.9 Å². The highest BCUT2D eigenvalue weighted by Crippen LogP contribution is 2.35. The number of hydrogen-bond acceptors (Lipinski definition) is 3. The Labute approximate surface area is 110 Å². The maximum Gasteiger partial charge on any atom is 0.311 e. The summed E-state index contributed by atoms with van der Waals surface area (Å²) >= 11 is 1.48. The van der Waals surface area contributed by atoms with E-state index in [1.54, 1.807) is 11.0 Å². The molecule has 0 fully saturated rings. The molecule has 0 radical (unpaired) electrons. The van der Waals surface area contributed by atoms with Crippen molar-refractivity contribution in [3.05, 3.63) is 29.8 Å². The quantitative estimate of drug-likeness (QED) is 0.907. The number of para-hydroxylation sites is 1. The largest absolute Gasteiger partial charge is 0.481 e. The molecule has 0 bridgehead atoms. The van der Waals surface area contributed by atoms with Crippen LogP contribution in [0.2, 0.25) is 0 Å². The van der Waals surface area contributed by atoms with Crippen molar-refractivity contribution in [3.8, 4) is 0 Å². The number of rotatable bonds is 3. The van der Waals surface area contributed by atoms with Gasteiger partial charge in [-0.1, -0.05) is 18.2 Å². The lowest BCUT2D eigenvalue weighted by molar-refractivity contribution is -0.139. The molecule has 0 spiro atoms. The lowest BCUT2D eigenvalue weighted by Gasteiger charge is -2.32. The molecule has 0 aromatic heterocycles. The van der Waals surface area contributed by atoms with Crippen molar-refractivity contribution < 1.29 is 14.7 Å². The Kier molecular flexibility index (Phi) is 3.91. The number of nitrogens with zero attached hydrogens (tertiary/aromatic N) is 1. The summed E-state index contributed by atoms with van der Waals surface area (Å²) in [6.07, 6.45) is 2.36. The zero-order valence-electron chi connectivity index (χ0n) is 10.1. The van der Waals surface area contributed by atoms with Crippen molar-refractivity contribution >= 4 is 29.3 Å². The summed E-state index contributed by atoms with van der Waals surface area (Å²) in [6.45, 7) is 0.480. The Morgan fingerprint density at radius 3 is 2.83 bits per heavy atom. The monoisotopic (exact) mass is 265 g/mol. The first-order valence-electron chi connectivity index (χ1n) is 5.76. The Bertz CT molecular complexity index is 475. The first-order chi connectivity index (χ1) is 8.65. The van der Waals surface area contributed by atoms with Crippen LogP contribution in [0, 0.1) is 0 Å². The van der Waals surface area contributed by atoms with E-state index >= 15 is 0 Å². The first-order valence-corrected chi connectivity index (χ1v) is 7.15. The Morgan fingerprint density at radius 2 is 2.17 bits per heavy atom.